The summed E-state index contributed by atoms with van der Waals surface area (Å²) in [6, 6.07) is 54.2. The largest absolute Gasteiger partial charge is 0.256 e. The number of hydrogen-bond donors (Lipinski definition) is 0. The van der Waals surface area contributed by atoms with Gasteiger partial charge in [0.05, 0.1) is 5.69 Å². The first kappa shape index (κ1) is 29.7. The van der Waals surface area contributed by atoms with E-state index < -0.39 is 0 Å². The number of benzene rings is 8. The first-order chi connectivity index (χ1) is 25.4. The highest BCUT2D eigenvalue weighted by Gasteiger charge is 2.36. The molecule has 0 aliphatic heterocycles. The summed E-state index contributed by atoms with van der Waals surface area (Å²) in [4.78, 5) is 5.37. The lowest BCUT2D eigenvalue weighted by Gasteiger charge is -2.36. The molecule has 0 N–H and O–H groups in total. The molecule has 0 spiro atoms. The fraction of sp³-hybridized carbons (Fsp3) is 0.118. The van der Waals surface area contributed by atoms with E-state index in [9.17, 15) is 0 Å². The van der Waals surface area contributed by atoms with Crippen molar-refractivity contribution in [2.45, 2.75) is 38.5 Å². The maximum atomic E-state index is 5.37. The van der Waals surface area contributed by atoms with Gasteiger partial charge in [-0.1, -0.05) is 167 Å². The quantitative estimate of drug-likeness (QED) is 0.168. The Labute approximate surface area is 304 Å². The van der Waals surface area contributed by atoms with E-state index in [1.807, 2.05) is 0 Å². The molecule has 0 unspecified atom stereocenters. The summed E-state index contributed by atoms with van der Waals surface area (Å²) >= 11 is 0. The molecule has 1 aromatic heterocycles. The van der Waals surface area contributed by atoms with Gasteiger partial charge in [-0.15, -0.1) is 0 Å². The Kier molecular flexibility index (Phi) is 5.86. The van der Waals surface area contributed by atoms with Crippen LogP contribution in [0.25, 0.3) is 87.7 Å². The predicted molar refractivity (Wildman–Crippen MR) is 220 cm³/mol. The zero-order valence-corrected chi connectivity index (χ0v) is 29.9. The van der Waals surface area contributed by atoms with E-state index in [2.05, 4.69) is 179 Å². The third kappa shape index (κ3) is 3.70. The number of fused-ring (bicyclic) bond motifs is 8. The lowest BCUT2D eigenvalue weighted by molar-refractivity contribution is 0.645. The molecular weight excluding hydrogens is 627 g/mol. The minimum absolute atomic E-state index is 0.115. The Morgan fingerprint density at radius 2 is 0.750 bits per heavy atom. The van der Waals surface area contributed by atoms with Crippen LogP contribution in [0.15, 0.2) is 152 Å². The molecular formula is C51H37N. The first-order valence-corrected chi connectivity index (χ1v) is 18.5. The highest BCUT2D eigenvalue weighted by Crippen LogP contribution is 2.55. The molecule has 0 atom stereocenters. The van der Waals surface area contributed by atoms with Crippen LogP contribution in [0.2, 0.25) is 0 Å². The maximum Gasteiger partial charge on any atom is 0.0714 e. The van der Waals surface area contributed by atoms with Crippen LogP contribution >= 0.6 is 0 Å². The minimum atomic E-state index is -0.120. The van der Waals surface area contributed by atoms with Gasteiger partial charge in [0.25, 0.3) is 0 Å². The standard InChI is InChI=1S/C51H37N/c1-50(2)39-23-11-9-19-35(39)46-33-17-7-5-15-31(33)44(37-21-13-25-41(50)48(37)46)30-27-28-43(52-29-30)45-32-16-6-8-18-34(32)47-36-20-10-12-24-40(36)51(3,4)42-26-14-22-38(45)49(42)47/h5-29H,1-4H3. The Balaban J connectivity index is 1.18. The summed E-state index contributed by atoms with van der Waals surface area (Å²) in [5, 5.41) is 10.3. The van der Waals surface area contributed by atoms with Crippen LogP contribution in [0.1, 0.15) is 49.9 Å². The molecule has 52 heavy (non-hydrogen) atoms. The van der Waals surface area contributed by atoms with Gasteiger partial charge in [0, 0.05) is 28.2 Å². The second-order valence-electron chi connectivity index (χ2n) is 15.8. The van der Waals surface area contributed by atoms with Crippen molar-refractivity contribution in [2.24, 2.45) is 0 Å². The summed E-state index contributed by atoms with van der Waals surface area (Å²) in [5.74, 6) is 0. The van der Waals surface area contributed by atoms with Crippen molar-refractivity contribution in [1.29, 1.82) is 0 Å². The van der Waals surface area contributed by atoms with Gasteiger partial charge in [-0.3, -0.25) is 4.98 Å². The third-order valence-corrected chi connectivity index (χ3v) is 12.5. The van der Waals surface area contributed by atoms with Gasteiger partial charge in [0.15, 0.2) is 0 Å². The van der Waals surface area contributed by atoms with Gasteiger partial charge in [0.1, 0.15) is 0 Å². The summed E-state index contributed by atoms with van der Waals surface area (Å²) in [7, 11) is 0. The van der Waals surface area contributed by atoms with E-state index in [0.29, 0.717) is 0 Å². The van der Waals surface area contributed by atoms with E-state index >= 15 is 0 Å². The lowest BCUT2D eigenvalue weighted by atomic mass is 9.67. The summed E-state index contributed by atoms with van der Waals surface area (Å²) in [6.07, 6.45) is 2.12. The van der Waals surface area contributed by atoms with Crippen molar-refractivity contribution in [1.82, 2.24) is 4.98 Å². The van der Waals surface area contributed by atoms with E-state index in [4.69, 9.17) is 4.98 Å². The molecule has 0 amide bonds. The van der Waals surface area contributed by atoms with Gasteiger partial charge < -0.3 is 0 Å². The molecule has 0 saturated carbocycles. The van der Waals surface area contributed by atoms with E-state index in [-0.39, 0.29) is 10.8 Å². The second-order valence-corrected chi connectivity index (χ2v) is 15.8. The first-order valence-electron chi connectivity index (χ1n) is 18.5. The van der Waals surface area contributed by atoms with Crippen molar-refractivity contribution >= 4 is 43.1 Å². The Bertz CT molecular complexity index is 2790. The van der Waals surface area contributed by atoms with E-state index in [1.54, 1.807) is 0 Å². The Morgan fingerprint density at radius 1 is 0.346 bits per heavy atom. The molecule has 2 aliphatic carbocycles. The van der Waals surface area contributed by atoms with E-state index in [0.717, 1.165) is 11.3 Å². The zero-order chi connectivity index (χ0) is 34.9. The Hall–Kier alpha value is -6.05. The fourth-order valence-electron chi connectivity index (χ4n) is 10.1. The molecule has 11 rings (SSSR count). The highest BCUT2D eigenvalue weighted by atomic mass is 14.7. The summed E-state index contributed by atoms with van der Waals surface area (Å²) in [6.45, 7) is 9.49. The topological polar surface area (TPSA) is 12.9 Å². The molecule has 1 nitrogen and oxygen atoms in total. The molecule has 2 aliphatic rings. The predicted octanol–water partition coefficient (Wildman–Crippen LogP) is 13.6. The lowest BCUT2D eigenvalue weighted by Crippen LogP contribution is -2.23. The van der Waals surface area contributed by atoms with Crippen LogP contribution in [0.3, 0.4) is 0 Å². The molecule has 8 aromatic carbocycles. The molecule has 0 bridgehead atoms. The number of pyridine rings is 1. The van der Waals surface area contributed by atoms with E-state index in [1.165, 1.54) is 98.7 Å². The second kappa shape index (κ2) is 10.3. The van der Waals surface area contributed by atoms with Gasteiger partial charge in [-0.2, -0.15) is 0 Å². The average Bonchev–Trinajstić information content (AvgIpc) is 3.18. The molecule has 1 heterocycles. The number of aromatic nitrogens is 1. The monoisotopic (exact) mass is 663 g/mol. The molecule has 246 valence electrons. The molecule has 1 heteroatoms. The fourth-order valence-corrected chi connectivity index (χ4v) is 10.1. The summed E-state index contributed by atoms with van der Waals surface area (Å²) in [5.41, 5.74) is 15.3. The smallest absolute Gasteiger partial charge is 0.0714 e. The van der Waals surface area contributed by atoms with Gasteiger partial charge in [-0.05, 0) is 99.2 Å². The van der Waals surface area contributed by atoms with Crippen molar-refractivity contribution in [3.8, 4) is 44.6 Å². The maximum absolute atomic E-state index is 5.37. The van der Waals surface area contributed by atoms with Crippen molar-refractivity contribution in [3.05, 3.63) is 174 Å². The SMILES string of the molecule is CC1(C)c2ccccc2-c2c3ccccc3c(-c3ccc(-c4c5ccccc5c5c6c(cccc46)C(C)(C)c4ccccc4-5)nc3)c3cccc1c23. The van der Waals surface area contributed by atoms with Crippen LogP contribution in [0.5, 0.6) is 0 Å². The van der Waals surface area contributed by atoms with Gasteiger partial charge >= 0.3 is 0 Å². The van der Waals surface area contributed by atoms with Crippen molar-refractivity contribution in [3.63, 3.8) is 0 Å². The van der Waals surface area contributed by atoms with Crippen LogP contribution in [0, 0.1) is 0 Å². The summed E-state index contributed by atoms with van der Waals surface area (Å²) < 4.78 is 0. The van der Waals surface area contributed by atoms with Crippen molar-refractivity contribution in [2.75, 3.05) is 0 Å². The van der Waals surface area contributed by atoms with Crippen LogP contribution in [0.4, 0.5) is 0 Å². The van der Waals surface area contributed by atoms with Gasteiger partial charge in [0.2, 0.25) is 0 Å². The highest BCUT2D eigenvalue weighted by molar-refractivity contribution is 6.25. The average molecular weight is 664 g/mol. The number of nitrogens with zero attached hydrogens (tertiary/aromatic N) is 1. The van der Waals surface area contributed by atoms with Crippen molar-refractivity contribution < 1.29 is 0 Å². The minimum Gasteiger partial charge on any atom is -0.256 e. The zero-order valence-electron chi connectivity index (χ0n) is 29.9. The van der Waals surface area contributed by atoms with Crippen LogP contribution in [-0.2, 0) is 10.8 Å². The molecule has 9 aromatic rings. The van der Waals surface area contributed by atoms with Crippen LogP contribution < -0.4 is 0 Å². The molecule has 0 radical (unpaired) electrons. The Morgan fingerprint density at radius 3 is 1.25 bits per heavy atom. The molecule has 0 saturated heterocycles. The van der Waals surface area contributed by atoms with Gasteiger partial charge in [-0.25, -0.2) is 0 Å². The normalized spacial score (nSPS) is 14.8. The third-order valence-electron chi connectivity index (χ3n) is 12.5. The number of hydrogen-bond acceptors (Lipinski definition) is 1. The number of rotatable bonds is 2. The molecule has 0 fully saturated rings. The van der Waals surface area contributed by atoms with Crippen LogP contribution in [-0.4, -0.2) is 4.98 Å².